The number of epoxide rings is 2. The van der Waals surface area contributed by atoms with Gasteiger partial charge in [-0.15, -0.1) is 0 Å². The number of benzene rings is 1. The summed E-state index contributed by atoms with van der Waals surface area (Å²) in [5.41, 5.74) is -5.73. The number of fused-ring (bicyclic) bond motifs is 4. The maximum atomic E-state index is 14.1. The average Bonchev–Trinajstić information content (AvgIpc) is 4.00. The number of rotatable bonds is 1. The number of aliphatic imine (C=N–C) groups is 1. The Labute approximate surface area is 297 Å². The van der Waals surface area contributed by atoms with Crippen molar-refractivity contribution in [3.05, 3.63) is 58.6 Å². The fourth-order valence-corrected chi connectivity index (χ4v) is 7.81. The van der Waals surface area contributed by atoms with E-state index in [2.05, 4.69) is 4.99 Å². The first kappa shape index (κ1) is 35.7. The number of aliphatic hydroxyl groups excluding tert-OH is 2. The molecule has 6 heterocycles. The molecule has 3 N–H and O–H groups in total. The van der Waals surface area contributed by atoms with Crippen molar-refractivity contribution in [2.45, 2.75) is 96.0 Å². The molecule has 15 heteroatoms. The Kier molecular flexibility index (Phi) is 8.18. The van der Waals surface area contributed by atoms with Gasteiger partial charge >= 0.3 is 11.8 Å². The molecule has 52 heavy (non-hydrogen) atoms. The number of carbonyl (C=O) groups excluding carboxylic acids is 5. The fraction of sp³-hybridized carbons (Fsp3) is 0.514. The highest BCUT2D eigenvalue weighted by Crippen LogP contribution is 2.49. The van der Waals surface area contributed by atoms with Crippen molar-refractivity contribution in [2.24, 2.45) is 22.7 Å². The normalized spacial score (nSPS) is 41.4. The van der Waals surface area contributed by atoms with Crippen LogP contribution >= 0.6 is 0 Å². The van der Waals surface area contributed by atoms with Crippen molar-refractivity contribution in [1.29, 1.82) is 0 Å². The van der Waals surface area contributed by atoms with E-state index in [4.69, 9.17) is 28.4 Å². The highest BCUT2D eigenvalue weighted by atomic mass is 16.7. The van der Waals surface area contributed by atoms with Gasteiger partial charge in [0.2, 0.25) is 5.78 Å². The van der Waals surface area contributed by atoms with Gasteiger partial charge in [0, 0.05) is 37.2 Å². The highest BCUT2D eigenvalue weighted by molar-refractivity contribution is 6.63. The topological polar surface area (TPSA) is 220 Å². The van der Waals surface area contributed by atoms with Crippen molar-refractivity contribution in [3.8, 4) is 11.5 Å². The van der Waals surface area contributed by atoms with Crippen LogP contribution in [0.5, 0.6) is 11.5 Å². The van der Waals surface area contributed by atoms with E-state index in [-0.39, 0.29) is 29.4 Å². The minimum Gasteiger partial charge on any atom is -0.515 e. The van der Waals surface area contributed by atoms with Crippen molar-refractivity contribution in [2.75, 3.05) is 6.61 Å². The Morgan fingerprint density at radius 2 is 1.71 bits per heavy atom. The molecular weight excluding hydrogens is 682 g/mol. The SMILES string of the molecule is CC(=O)OC1C(C)C2/C=C/OC3(C)Oc4c(C)c(O)c5c(c4C3=O)C(=O)/C(=C/O)C(=NC(=O)C3(C)OC3/C=C/C3(CO3)C(O)C(C)C(O2)C1C)C5=O. The molecule has 11 unspecified atom stereocenters. The number of nitrogens with zero attached hydrogens (tertiary/aromatic N) is 1. The number of hydrogen-bond acceptors (Lipinski definition) is 14. The smallest absolute Gasteiger partial charge is 0.312 e. The molecule has 1 amide bonds. The fourth-order valence-electron chi connectivity index (χ4n) is 7.81. The number of aliphatic hydroxyl groups is 2. The van der Waals surface area contributed by atoms with Crippen molar-refractivity contribution < 1.29 is 67.7 Å². The summed E-state index contributed by atoms with van der Waals surface area (Å²) in [6.45, 7) is 11.0. The molecule has 1 aromatic rings. The third-order valence-corrected chi connectivity index (χ3v) is 11.2. The van der Waals surface area contributed by atoms with E-state index < -0.39 is 117 Å². The number of Topliss-reactive ketones (excluding diaryl/α,β-unsaturated/α-hetero) is 3. The van der Waals surface area contributed by atoms with E-state index in [1.807, 2.05) is 13.8 Å². The van der Waals surface area contributed by atoms with Crippen LogP contribution in [-0.4, -0.2) is 104 Å². The first-order valence-corrected chi connectivity index (χ1v) is 17.0. The van der Waals surface area contributed by atoms with Crippen LogP contribution in [0, 0.1) is 24.7 Å². The number of aromatic hydroxyl groups is 1. The van der Waals surface area contributed by atoms with Crippen molar-refractivity contribution >= 4 is 34.9 Å². The molecule has 7 bridgehead atoms. The molecule has 8 rings (SSSR count). The number of carbonyl (C=O) groups is 5. The van der Waals surface area contributed by atoms with Crippen molar-refractivity contribution in [3.63, 3.8) is 0 Å². The molecule has 0 aromatic heterocycles. The quantitative estimate of drug-likeness (QED) is 0.125. The standard InChI is InChI=1S/C37H39NO14/c1-14-20-9-11-47-36(7)33(45)24-22-23(26(41)15(2)31(24)52-36)28(43)25(19(12-39)27(22)42)38-34(46)35(6)21(51-35)8-10-37(13-48-37)32(44)17(4)30(50-20)16(3)29(14)49-18(5)40/h8-12,14,16-17,20-21,29-30,32,39,41,44H,13H2,1-7H3/b10-8+,11-9+,19-12+,38-25?. The molecule has 276 valence electrons. The van der Waals surface area contributed by atoms with Gasteiger partial charge in [0.1, 0.15) is 35.0 Å². The Balaban J connectivity index is 1.36. The van der Waals surface area contributed by atoms with Crippen LogP contribution in [0.2, 0.25) is 0 Å². The molecule has 7 aliphatic rings. The van der Waals surface area contributed by atoms with Crippen LogP contribution in [0.25, 0.3) is 0 Å². The molecule has 0 radical (unpaired) electrons. The maximum Gasteiger partial charge on any atom is 0.312 e. The Morgan fingerprint density at radius 1 is 1.02 bits per heavy atom. The van der Waals surface area contributed by atoms with E-state index in [0.29, 0.717) is 6.26 Å². The summed E-state index contributed by atoms with van der Waals surface area (Å²) in [4.78, 5) is 71.5. The lowest BCUT2D eigenvalue weighted by Gasteiger charge is -2.46. The number of hydrogen-bond donors (Lipinski definition) is 3. The van der Waals surface area contributed by atoms with Gasteiger partial charge < -0.3 is 43.7 Å². The van der Waals surface area contributed by atoms with Crippen LogP contribution < -0.4 is 4.74 Å². The Morgan fingerprint density at radius 3 is 2.35 bits per heavy atom. The van der Waals surface area contributed by atoms with Crippen LogP contribution in [0.4, 0.5) is 0 Å². The zero-order valence-electron chi connectivity index (χ0n) is 29.5. The van der Waals surface area contributed by atoms with E-state index >= 15 is 0 Å². The molecule has 3 saturated heterocycles. The summed E-state index contributed by atoms with van der Waals surface area (Å²) >= 11 is 0. The van der Waals surface area contributed by atoms with Gasteiger partial charge in [0.25, 0.3) is 11.7 Å². The van der Waals surface area contributed by atoms with Crippen molar-refractivity contribution in [1.82, 2.24) is 0 Å². The molecule has 11 atom stereocenters. The van der Waals surface area contributed by atoms with Gasteiger partial charge in [0.05, 0.1) is 59.7 Å². The molecule has 3 fully saturated rings. The maximum absolute atomic E-state index is 14.1. The number of amides is 1. The average molecular weight is 722 g/mol. The summed E-state index contributed by atoms with van der Waals surface area (Å²) in [5.74, 6) is -8.88. The van der Waals surface area contributed by atoms with Gasteiger partial charge in [0.15, 0.2) is 11.4 Å². The summed E-state index contributed by atoms with van der Waals surface area (Å²) in [5, 5.41) is 33.0. The number of phenolic OH excluding ortho intramolecular Hbond substituents is 1. The number of phenols is 1. The van der Waals surface area contributed by atoms with Gasteiger partial charge in [-0.2, -0.15) is 0 Å². The second-order valence-electron chi connectivity index (χ2n) is 14.6. The largest absolute Gasteiger partial charge is 0.515 e. The van der Waals surface area contributed by atoms with Gasteiger partial charge in [-0.1, -0.05) is 26.8 Å². The second kappa shape index (κ2) is 11.9. The molecule has 1 aromatic carbocycles. The lowest BCUT2D eigenvalue weighted by molar-refractivity contribution is -0.197. The summed E-state index contributed by atoms with van der Waals surface area (Å²) in [6.07, 6.45) is 2.08. The summed E-state index contributed by atoms with van der Waals surface area (Å²) in [7, 11) is 0. The zero-order valence-corrected chi connectivity index (χ0v) is 29.5. The predicted octanol–water partition coefficient (Wildman–Crippen LogP) is 2.78. The second-order valence-corrected chi connectivity index (χ2v) is 14.6. The Bertz CT molecular complexity index is 1960. The van der Waals surface area contributed by atoms with Gasteiger partial charge in [-0.05, 0) is 26.0 Å². The summed E-state index contributed by atoms with van der Waals surface area (Å²) < 4.78 is 35.5. The first-order chi connectivity index (χ1) is 24.4. The molecule has 15 nitrogen and oxygen atoms in total. The lowest BCUT2D eigenvalue weighted by Crippen LogP contribution is -2.55. The van der Waals surface area contributed by atoms with Crippen LogP contribution in [0.3, 0.4) is 0 Å². The third kappa shape index (κ3) is 5.16. The van der Waals surface area contributed by atoms with E-state index in [1.54, 1.807) is 13.0 Å². The molecule has 6 aliphatic heterocycles. The number of ether oxygens (including phenoxy) is 6. The predicted molar refractivity (Wildman–Crippen MR) is 177 cm³/mol. The first-order valence-electron chi connectivity index (χ1n) is 17.0. The monoisotopic (exact) mass is 721 g/mol. The Hall–Kier alpha value is -4.70. The van der Waals surface area contributed by atoms with E-state index in [1.165, 1.54) is 46.1 Å². The molecule has 1 aliphatic carbocycles. The van der Waals surface area contributed by atoms with Crippen LogP contribution in [0.15, 0.2) is 41.3 Å². The third-order valence-electron chi connectivity index (χ3n) is 11.2. The molecule has 0 saturated carbocycles. The molecular formula is C37H39NO14. The minimum absolute atomic E-state index is 0.0585. The minimum atomic E-state index is -2.10. The number of ketones is 3. The van der Waals surface area contributed by atoms with Gasteiger partial charge in [-0.3, -0.25) is 24.0 Å². The van der Waals surface area contributed by atoms with E-state index in [0.717, 1.165) is 0 Å². The number of allylic oxidation sites excluding steroid dienone is 1. The number of esters is 1. The van der Waals surface area contributed by atoms with Crippen LogP contribution in [-0.2, 0) is 33.3 Å². The lowest BCUT2D eigenvalue weighted by atomic mass is 9.75. The highest BCUT2D eigenvalue weighted by Gasteiger charge is 2.61. The van der Waals surface area contributed by atoms with Crippen LogP contribution in [0.1, 0.15) is 78.2 Å². The summed E-state index contributed by atoms with van der Waals surface area (Å²) in [6, 6.07) is 0. The van der Waals surface area contributed by atoms with E-state index in [9.17, 15) is 39.3 Å². The molecule has 1 spiro atoms. The zero-order chi connectivity index (χ0) is 37.8. The van der Waals surface area contributed by atoms with Gasteiger partial charge in [-0.25, -0.2) is 4.99 Å².